The molecule has 1 aliphatic rings. The number of aryl methyl sites for hydroxylation is 1. The van der Waals surface area contributed by atoms with Crippen molar-refractivity contribution in [2.45, 2.75) is 38.0 Å². The van der Waals surface area contributed by atoms with E-state index in [4.69, 9.17) is 5.11 Å². The van der Waals surface area contributed by atoms with Crippen molar-refractivity contribution in [1.82, 2.24) is 19.6 Å². The Morgan fingerprint density at radius 1 is 1.25 bits per heavy atom. The van der Waals surface area contributed by atoms with Gasteiger partial charge in [-0.25, -0.2) is 0 Å². The summed E-state index contributed by atoms with van der Waals surface area (Å²) >= 11 is 1.28. The van der Waals surface area contributed by atoms with E-state index in [-0.39, 0.29) is 37.4 Å². The second-order valence-electron chi connectivity index (χ2n) is 9.77. The van der Waals surface area contributed by atoms with Gasteiger partial charge in [-0.05, 0) is 43.3 Å². The Kier molecular flexibility index (Phi) is 8.76. The molecule has 1 aliphatic heterocycles. The molecular formula is C28H28F3N5O3S. The van der Waals surface area contributed by atoms with Crippen molar-refractivity contribution in [2.24, 2.45) is 0 Å². The maximum atomic E-state index is 14.1. The summed E-state index contributed by atoms with van der Waals surface area (Å²) in [6.07, 6.45) is -0.252. The van der Waals surface area contributed by atoms with Crippen LogP contribution in [0.2, 0.25) is 0 Å². The first-order chi connectivity index (χ1) is 19.0. The number of carbonyl (C=O) groups excluding carboxylic acids is 1. The van der Waals surface area contributed by atoms with Crippen LogP contribution in [0.4, 0.5) is 13.2 Å². The first-order valence-corrected chi connectivity index (χ1v) is 13.4. The van der Waals surface area contributed by atoms with Crippen molar-refractivity contribution in [3.63, 3.8) is 0 Å². The molecule has 12 heteroatoms. The number of rotatable bonds is 9. The monoisotopic (exact) mass is 571 g/mol. The number of likely N-dealkylation sites (N-methyl/N-ethyl adjacent to an activating group) is 1. The van der Waals surface area contributed by atoms with Gasteiger partial charge in [0.1, 0.15) is 10.9 Å². The molecule has 1 amide bonds. The lowest BCUT2D eigenvalue weighted by Crippen LogP contribution is -2.37. The fourth-order valence-electron chi connectivity index (χ4n) is 4.76. The summed E-state index contributed by atoms with van der Waals surface area (Å²) < 4.78 is 43.5. The molecule has 1 atom stereocenters. The molecule has 1 unspecified atom stereocenters. The Hall–Kier alpha value is -3.95. The molecule has 0 aliphatic carbocycles. The molecule has 0 spiro atoms. The van der Waals surface area contributed by atoms with Gasteiger partial charge in [-0.15, -0.1) is 11.3 Å². The van der Waals surface area contributed by atoms with Crippen molar-refractivity contribution in [1.29, 1.82) is 5.26 Å². The Morgan fingerprint density at radius 2 is 2.00 bits per heavy atom. The third kappa shape index (κ3) is 6.60. The van der Waals surface area contributed by atoms with E-state index in [1.54, 1.807) is 41.3 Å². The standard InChI is InChI=1S/C28H28F3N5O3S/c1-34(2)11-5-9-25(37)35-15-22(21-13-18(14-32)40-24(21)17-35)19-7-3-4-8-20(19)23-16-36(12-6-10-26(38)39)33-27(23)28(29,30)31/h3-5,7-9,13,16,22H,6,10-12,15,17H2,1-2H3,(H,38,39)/b9-5+. The number of carboxylic acids is 1. The number of carbonyl (C=O) groups is 2. The summed E-state index contributed by atoms with van der Waals surface area (Å²) in [5.74, 6) is -1.73. The van der Waals surface area contributed by atoms with E-state index in [2.05, 4.69) is 11.2 Å². The Morgan fingerprint density at radius 3 is 2.67 bits per heavy atom. The highest BCUT2D eigenvalue weighted by molar-refractivity contribution is 7.12. The second-order valence-corrected chi connectivity index (χ2v) is 10.9. The highest BCUT2D eigenvalue weighted by atomic mass is 32.1. The molecule has 4 rings (SSSR count). The van der Waals surface area contributed by atoms with E-state index < -0.39 is 23.8 Å². The minimum atomic E-state index is -4.74. The number of amides is 1. The molecule has 40 heavy (non-hydrogen) atoms. The molecule has 0 radical (unpaired) electrons. The van der Waals surface area contributed by atoms with E-state index in [1.807, 2.05) is 19.0 Å². The molecule has 3 heterocycles. The van der Waals surface area contributed by atoms with Crippen LogP contribution in [0.25, 0.3) is 11.1 Å². The van der Waals surface area contributed by atoms with Gasteiger partial charge in [-0.3, -0.25) is 14.3 Å². The summed E-state index contributed by atoms with van der Waals surface area (Å²) in [6, 6.07) is 10.6. The number of alkyl halides is 3. The van der Waals surface area contributed by atoms with Crippen molar-refractivity contribution < 1.29 is 27.9 Å². The van der Waals surface area contributed by atoms with Gasteiger partial charge in [0.15, 0.2) is 5.69 Å². The summed E-state index contributed by atoms with van der Waals surface area (Å²) in [6.45, 7) is 1.12. The van der Waals surface area contributed by atoms with Crippen LogP contribution in [-0.4, -0.2) is 63.7 Å². The number of fused-ring (bicyclic) bond motifs is 1. The zero-order chi connectivity index (χ0) is 29.0. The fraction of sp³-hybridized carbons (Fsp3) is 0.357. The number of aromatic nitrogens is 2. The zero-order valence-corrected chi connectivity index (χ0v) is 22.8. The first kappa shape index (κ1) is 29.0. The molecule has 210 valence electrons. The molecule has 8 nitrogen and oxygen atoms in total. The van der Waals surface area contributed by atoms with Crippen LogP contribution in [0.5, 0.6) is 0 Å². The average molecular weight is 572 g/mol. The molecule has 1 aromatic carbocycles. The molecular weight excluding hydrogens is 543 g/mol. The first-order valence-electron chi connectivity index (χ1n) is 12.6. The van der Waals surface area contributed by atoms with Gasteiger partial charge in [-0.2, -0.15) is 23.5 Å². The van der Waals surface area contributed by atoms with E-state index in [1.165, 1.54) is 23.6 Å². The molecule has 0 saturated carbocycles. The van der Waals surface area contributed by atoms with Crippen LogP contribution >= 0.6 is 11.3 Å². The van der Waals surface area contributed by atoms with Crippen LogP contribution in [0.3, 0.4) is 0 Å². The normalized spacial score (nSPS) is 15.4. The van der Waals surface area contributed by atoms with Crippen molar-refractivity contribution in [2.75, 3.05) is 27.2 Å². The summed E-state index contributed by atoms with van der Waals surface area (Å²) in [5, 5.41) is 22.2. The number of carboxylic acid groups (broad SMARTS) is 1. The molecule has 3 aromatic rings. The smallest absolute Gasteiger partial charge is 0.435 e. The maximum absolute atomic E-state index is 14.1. The predicted octanol–water partition coefficient (Wildman–Crippen LogP) is 4.96. The molecule has 2 aromatic heterocycles. The van der Waals surface area contributed by atoms with E-state index in [0.717, 1.165) is 15.1 Å². The van der Waals surface area contributed by atoms with Crippen LogP contribution in [0, 0.1) is 11.3 Å². The van der Waals surface area contributed by atoms with Gasteiger partial charge in [0.05, 0.1) is 6.54 Å². The van der Waals surface area contributed by atoms with Crippen LogP contribution in [-0.2, 0) is 28.9 Å². The van der Waals surface area contributed by atoms with Crippen molar-refractivity contribution in [3.05, 3.63) is 75.3 Å². The summed E-state index contributed by atoms with van der Waals surface area (Å²) in [7, 11) is 3.76. The highest BCUT2D eigenvalue weighted by Crippen LogP contribution is 2.44. The Balaban J connectivity index is 1.77. The second kappa shape index (κ2) is 12.1. The average Bonchev–Trinajstić information content (AvgIpc) is 3.52. The summed E-state index contributed by atoms with van der Waals surface area (Å²) in [5.41, 5.74) is 0.533. The van der Waals surface area contributed by atoms with Gasteiger partial charge in [0.25, 0.3) is 0 Å². The van der Waals surface area contributed by atoms with E-state index in [0.29, 0.717) is 29.1 Å². The number of halogens is 3. The number of nitrogens with zero attached hydrogens (tertiary/aromatic N) is 5. The van der Waals surface area contributed by atoms with Crippen LogP contribution in [0.15, 0.2) is 48.7 Å². The quantitative estimate of drug-likeness (QED) is 0.365. The number of thiophene rings is 1. The summed E-state index contributed by atoms with van der Waals surface area (Å²) in [4.78, 5) is 28.8. The lowest BCUT2D eigenvalue weighted by molar-refractivity contribution is -0.141. The third-order valence-corrected chi connectivity index (χ3v) is 7.58. The van der Waals surface area contributed by atoms with E-state index >= 15 is 0 Å². The lowest BCUT2D eigenvalue weighted by atomic mass is 9.83. The zero-order valence-electron chi connectivity index (χ0n) is 22.0. The number of hydrogen-bond acceptors (Lipinski definition) is 6. The topological polar surface area (TPSA) is 102 Å². The molecule has 1 N–H and O–H groups in total. The van der Waals surface area contributed by atoms with Gasteiger partial charge < -0.3 is 14.9 Å². The van der Waals surface area contributed by atoms with Crippen molar-refractivity contribution >= 4 is 23.2 Å². The number of hydrogen-bond donors (Lipinski definition) is 1. The highest BCUT2D eigenvalue weighted by Gasteiger charge is 2.39. The maximum Gasteiger partial charge on any atom is 0.435 e. The largest absolute Gasteiger partial charge is 0.481 e. The fourth-order valence-corrected chi connectivity index (χ4v) is 5.79. The van der Waals surface area contributed by atoms with Crippen LogP contribution in [0.1, 0.15) is 45.3 Å². The number of nitriles is 1. The number of aliphatic carboxylic acids is 1. The van der Waals surface area contributed by atoms with Gasteiger partial charge >= 0.3 is 12.1 Å². The van der Waals surface area contributed by atoms with Gasteiger partial charge in [0, 0.05) is 54.7 Å². The molecule has 0 saturated heterocycles. The Labute approximate surface area is 233 Å². The van der Waals surface area contributed by atoms with E-state index in [9.17, 15) is 28.0 Å². The Bertz CT molecular complexity index is 1470. The predicted molar refractivity (Wildman–Crippen MR) is 144 cm³/mol. The third-order valence-electron chi connectivity index (χ3n) is 6.54. The molecule has 0 fully saturated rings. The van der Waals surface area contributed by atoms with Crippen LogP contribution < -0.4 is 0 Å². The van der Waals surface area contributed by atoms with Gasteiger partial charge in [0.2, 0.25) is 5.91 Å². The molecule has 0 bridgehead atoms. The lowest BCUT2D eigenvalue weighted by Gasteiger charge is -2.33. The van der Waals surface area contributed by atoms with Gasteiger partial charge in [-0.1, -0.05) is 30.3 Å². The SMILES string of the molecule is CN(C)C/C=C/C(=O)N1Cc2sc(C#N)cc2C(c2ccccc2-c2cn(CCCC(=O)O)nc2C(F)(F)F)C1. The number of benzene rings is 1. The minimum Gasteiger partial charge on any atom is -0.481 e. The van der Waals surface area contributed by atoms with Crippen molar-refractivity contribution in [3.8, 4) is 17.2 Å². The minimum absolute atomic E-state index is 0.0166.